The largest absolute Gasteiger partial charge is 0.370 e. The number of nitrogens with two attached hydrogens (primary N) is 4. The van der Waals surface area contributed by atoms with Gasteiger partial charge in [0.25, 0.3) is 0 Å². The lowest BCUT2D eigenvalue weighted by atomic mass is 10.1. The Balaban J connectivity index is 2.90. The van der Waals surface area contributed by atoms with Crippen molar-refractivity contribution in [2.75, 3.05) is 0 Å². The Kier molecular flexibility index (Phi) is 4.64. The minimum atomic E-state index is -0.134. The molecule has 0 saturated carbocycles. The van der Waals surface area contributed by atoms with Crippen LogP contribution >= 0.6 is 0 Å². The van der Waals surface area contributed by atoms with Crippen molar-refractivity contribution in [1.82, 2.24) is 5.53 Å². The maximum absolute atomic E-state index is 5.50. The Morgan fingerprint density at radius 1 is 1.11 bits per heavy atom. The first-order valence-electron chi connectivity index (χ1n) is 5.07. The number of nitrogens with zero attached hydrogens (tertiary/aromatic N) is 3. The number of guanidine groups is 2. The third kappa shape index (κ3) is 4.10. The molecule has 9 N–H and O–H groups in total. The van der Waals surface area contributed by atoms with E-state index in [4.69, 9.17) is 23.0 Å². The summed E-state index contributed by atoms with van der Waals surface area (Å²) in [6.45, 7) is 1.83. The Bertz CT molecular complexity index is 481. The fraction of sp³-hybridized carbons (Fsp3) is 0.100. The smallest absolute Gasteiger partial charge is 0.223 e. The predicted molar refractivity (Wildman–Crippen MR) is 73.1 cm³/mol. The molecule has 1 aromatic rings. The van der Waals surface area contributed by atoms with E-state index in [-0.39, 0.29) is 11.9 Å². The topological polar surface area (TPSA) is 153 Å². The number of nitrogens with one attached hydrogen (secondary N) is 1. The lowest BCUT2D eigenvalue weighted by molar-refractivity contribution is 0.805. The van der Waals surface area contributed by atoms with E-state index in [1.807, 2.05) is 19.1 Å². The lowest BCUT2D eigenvalue weighted by Gasteiger charge is -2.01. The van der Waals surface area contributed by atoms with Gasteiger partial charge in [0.05, 0.1) is 11.4 Å². The number of hydrazine groups is 1. The molecular formula is C10H16N8. The van der Waals surface area contributed by atoms with Crippen molar-refractivity contribution in [1.29, 1.82) is 0 Å². The Hall–Kier alpha value is -2.61. The maximum atomic E-state index is 5.50. The number of hydrazone groups is 1. The molecule has 0 atom stereocenters. The molecule has 8 heteroatoms. The molecule has 0 aromatic heterocycles. The summed E-state index contributed by atoms with van der Waals surface area (Å²) in [6.07, 6.45) is 0. The molecule has 0 radical (unpaired) electrons. The van der Waals surface area contributed by atoms with Gasteiger partial charge < -0.3 is 17.2 Å². The lowest BCUT2D eigenvalue weighted by Crippen LogP contribution is -2.26. The number of hydrogen-bond donors (Lipinski definition) is 5. The van der Waals surface area contributed by atoms with Crippen LogP contribution in [0.3, 0.4) is 0 Å². The quantitative estimate of drug-likeness (QED) is 0.203. The van der Waals surface area contributed by atoms with Crippen LogP contribution in [0.1, 0.15) is 12.5 Å². The van der Waals surface area contributed by atoms with Crippen LogP contribution in [0.15, 0.2) is 39.4 Å². The highest BCUT2D eigenvalue weighted by Crippen LogP contribution is 2.13. The van der Waals surface area contributed by atoms with Gasteiger partial charge in [-0.05, 0) is 24.6 Å². The van der Waals surface area contributed by atoms with Crippen LogP contribution in [-0.2, 0) is 0 Å². The summed E-state index contributed by atoms with van der Waals surface area (Å²) in [5.74, 6) is 4.96. The number of hydrogen-bond acceptors (Lipinski definition) is 4. The number of aliphatic imine (C=N–C) groups is 2. The first kappa shape index (κ1) is 13.5. The summed E-state index contributed by atoms with van der Waals surface area (Å²) in [7, 11) is 0. The van der Waals surface area contributed by atoms with Crippen molar-refractivity contribution in [2.24, 2.45) is 38.1 Å². The van der Waals surface area contributed by atoms with Crippen LogP contribution in [-0.4, -0.2) is 17.6 Å². The Labute approximate surface area is 104 Å². The van der Waals surface area contributed by atoms with E-state index in [9.17, 15) is 0 Å². The molecular weight excluding hydrogens is 232 g/mol. The Morgan fingerprint density at radius 2 is 1.72 bits per heavy atom. The van der Waals surface area contributed by atoms with E-state index < -0.39 is 0 Å². The van der Waals surface area contributed by atoms with Gasteiger partial charge in [-0.1, -0.05) is 12.1 Å². The molecule has 0 aliphatic rings. The van der Waals surface area contributed by atoms with Gasteiger partial charge in [-0.15, -0.1) is 0 Å². The third-order valence-electron chi connectivity index (χ3n) is 2.00. The summed E-state index contributed by atoms with van der Waals surface area (Å²) in [5, 5.41) is 3.85. The van der Waals surface area contributed by atoms with Crippen LogP contribution in [0, 0.1) is 0 Å². The summed E-state index contributed by atoms with van der Waals surface area (Å²) in [5.41, 5.74) is 20.4. The van der Waals surface area contributed by atoms with Crippen molar-refractivity contribution in [2.45, 2.75) is 6.92 Å². The predicted octanol–water partition coefficient (Wildman–Crippen LogP) is -0.906. The highest BCUT2D eigenvalue weighted by Gasteiger charge is 1.98. The van der Waals surface area contributed by atoms with E-state index in [2.05, 4.69) is 20.6 Å². The molecule has 0 aliphatic carbocycles. The molecule has 0 heterocycles. The molecule has 96 valence electrons. The van der Waals surface area contributed by atoms with Gasteiger partial charge in [-0.3, -0.25) is 0 Å². The number of rotatable bonds is 3. The van der Waals surface area contributed by atoms with Crippen molar-refractivity contribution < 1.29 is 0 Å². The van der Waals surface area contributed by atoms with Crippen LogP contribution in [0.5, 0.6) is 0 Å². The molecule has 0 aliphatic heterocycles. The van der Waals surface area contributed by atoms with E-state index >= 15 is 0 Å². The molecule has 0 bridgehead atoms. The van der Waals surface area contributed by atoms with Crippen molar-refractivity contribution in [3.8, 4) is 0 Å². The summed E-state index contributed by atoms with van der Waals surface area (Å²) in [4.78, 5) is 7.62. The average Bonchev–Trinajstić information content (AvgIpc) is 2.29. The highest BCUT2D eigenvalue weighted by atomic mass is 15.5. The zero-order valence-corrected chi connectivity index (χ0v) is 9.96. The van der Waals surface area contributed by atoms with E-state index in [1.54, 1.807) is 12.1 Å². The van der Waals surface area contributed by atoms with Crippen LogP contribution in [0.25, 0.3) is 0 Å². The molecule has 0 amide bonds. The highest BCUT2D eigenvalue weighted by molar-refractivity contribution is 5.99. The van der Waals surface area contributed by atoms with Gasteiger partial charge in [-0.25, -0.2) is 16.4 Å². The zero-order valence-electron chi connectivity index (χ0n) is 9.96. The SMILES string of the molecule is C/C(=N\NN)c1ccc(N=C(N)N=C(N)N)cc1. The molecule has 1 rings (SSSR count). The summed E-state index contributed by atoms with van der Waals surface area (Å²) >= 11 is 0. The van der Waals surface area contributed by atoms with E-state index in [0.29, 0.717) is 5.69 Å². The van der Waals surface area contributed by atoms with Crippen LogP contribution < -0.4 is 28.6 Å². The standard InChI is InChI=1S/C10H16N8/c1-6(17-18-14)7-2-4-8(5-3-7)15-10(13)16-9(11)12/h2-5,18H,14H2,1H3,(H6,11,12,13,15,16)/b17-6+. The van der Waals surface area contributed by atoms with Gasteiger partial charge in [0, 0.05) is 0 Å². The monoisotopic (exact) mass is 248 g/mol. The van der Waals surface area contributed by atoms with Crippen LogP contribution in [0.4, 0.5) is 5.69 Å². The summed E-state index contributed by atoms with van der Waals surface area (Å²) in [6, 6.07) is 7.19. The van der Waals surface area contributed by atoms with Gasteiger partial charge in [0.2, 0.25) is 5.96 Å². The molecule has 0 spiro atoms. The van der Waals surface area contributed by atoms with Crippen molar-refractivity contribution >= 4 is 23.3 Å². The molecule has 0 fully saturated rings. The molecule has 0 saturated heterocycles. The van der Waals surface area contributed by atoms with E-state index in [1.165, 1.54) is 0 Å². The van der Waals surface area contributed by atoms with Crippen molar-refractivity contribution in [3.05, 3.63) is 29.8 Å². The first-order valence-corrected chi connectivity index (χ1v) is 5.07. The normalized spacial score (nSPS) is 12.1. The van der Waals surface area contributed by atoms with Crippen LogP contribution in [0.2, 0.25) is 0 Å². The average molecular weight is 248 g/mol. The van der Waals surface area contributed by atoms with Gasteiger partial charge in [0.15, 0.2) is 5.96 Å². The van der Waals surface area contributed by atoms with Gasteiger partial charge in [0.1, 0.15) is 0 Å². The molecule has 1 aromatic carbocycles. The van der Waals surface area contributed by atoms with Gasteiger partial charge >= 0.3 is 0 Å². The second-order valence-electron chi connectivity index (χ2n) is 3.38. The third-order valence-corrected chi connectivity index (χ3v) is 2.00. The van der Waals surface area contributed by atoms with Gasteiger partial charge in [-0.2, -0.15) is 10.1 Å². The molecule has 18 heavy (non-hydrogen) atoms. The first-order chi connectivity index (χ1) is 8.52. The summed E-state index contributed by atoms with van der Waals surface area (Å²) < 4.78 is 0. The maximum Gasteiger partial charge on any atom is 0.223 e. The second-order valence-corrected chi connectivity index (χ2v) is 3.38. The fourth-order valence-corrected chi connectivity index (χ4v) is 1.23. The fourth-order valence-electron chi connectivity index (χ4n) is 1.23. The molecule has 0 unspecified atom stereocenters. The number of benzene rings is 1. The second kappa shape index (κ2) is 6.21. The van der Waals surface area contributed by atoms with E-state index in [0.717, 1.165) is 11.3 Å². The minimum Gasteiger partial charge on any atom is -0.370 e. The molecule has 8 nitrogen and oxygen atoms in total. The minimum absolute atomic E-state index is 0.00300. The van der Waals surface area contributed by atoms with Crippen molar-refractivity contribution in [3.63, 3.8) is 0 Å². The Morgan fingerprint density at radius 3 is 2.22 bits per heavy atom. The zero-order chi connectivity index (χ0) is 13.5.